The van der Waals surface area contributed by atoms with Crippen LogP contribution in [0.3, 0.4) is 0 Å². The summed E-state index contributed by atoms with van der Waals surface area (Å²) in [5.41, 5.74) is 1.89. The molecule has 4 nitrogen and oxygen atoms in total. The van der Waals surface area contributed by atoms with Gasteiger partial charge in [0.25, 0.3) is 0 Å². The van der Waals surface area contributed by atoms with E-state index in [0.717, 1.165) is 24.2 Å². The van der Waals surface area contributed by atoms with Crippen LogP contribution in [-0.4, -0.2) is 42.5 Å². The molecule has 1 aliphatic rings. The molecule has 0 saturated carbocycles. The lowest BCUT2D eigenvalue weighted by molar-refractivity contribution is 0.108. The normalized spacial score (nSPS) is 18.4. The standard InChI is InChI=1S/C19H22FN3O/c1-22-10-11-23(18(14-22)16-7-3-2-4-8-16)19(24)21-13-15-6-5-9-17(20)12-15/h2-9,12,18H,10-11,13-14H2,1H3,(H,21,24). The van der Waals surface area contributed by atoms with Crippen molar-refractivity contribution in [2.45, 2.75) is 12.6 Å². The molecule has 5 heteroatoms. The lowest BCUT2D eigenvalue weighted by Crippen LogP contribution is -2.52. The van der Waals surface area contributed by atoms with Gasteiger partial charge in [0.2, 0.25) is 0 Å². The Balaban J connectivity index is 1.69. The third-order valence-electron chi connectivity index (χ3n) is 4.36. The zero-order chi connectivity index (χ0) is 16.9. The van der Waals surface area contributed by atoms with Gasteiger partial charge in [-0.1, -0.05) is 42.5 Å². The third-order valence-corrected chi connectivity index (χ3v) is 4.36. The second-order valence-electron chi connectivity index (χ2n) is 6.17. The number of carbonyl (C=O) groups excluding carboxylic acids is 1. The fourth-order valence-electron chi connectivity index (χ4n) is 3.05. The molecule has 0 aromatic heterocycles. The van der Waals surface area contributed by atoms with Crippen LogP contribution in [0.4, 0.5) is 9.18 Å². The van der Waals surface area contributed by atoms with Crippen molar-refractivity contribution in [3.8, 4) is 0 Å². The molecular formula is C19H22FN3O. The first-order chi connectivity index (χ1) is 11.6. The number of likely N-dealkylation sites (N-methyl/N-ethyl adjacent to an activating group) is 1. The summed E-state index contributed by atoms with van der Waals surface area (Å²) < 4.78 is 13.2. The third kappa shape index (κ3) is 3.92. The lowest BCUT2D eigenvalue weighted by Gasteiger charge is -2.40. The molecule has 1 unspecified atom stereocenters. The summed E-state index contributed by atoms with van der Waals surface area (Å²) in [6.07, 6.45) is 0. The van der Waals surface area contributed by atoms with Crippen LogP contribution >= 0.6 is 0 Å². The minimum absolute atomic E-state index is 0.0254. The zero-order valence-electron chi connectivity index (χ0n) is 13.8. The molecule has 1 saturated heterocycles. The largest absolute Gasteiger partial charge is 0.334 e. The van der Waals surface area contributed by atoms with E-state index in [1.54, 1.807) is 6.07 Å². The van der Waals surface area contributed by atoms with Crippen molar-refractivity contribution >= 4 is 6.03 Å². The SMILES string of the molecule is CN1CCN(C(=O)NCc2cccc(F)c2)C(c2ccccc2)C1. The van der Waals surface area contributed by atoms with E-state index in [-0.39, 0.29) is 17.9 Å². The van der Waals surface area contributed by atoms with Gasteiger partial charge in [-0.15, -0.1) is 0 Å². The molecule has 1 aliphatic heterocycles. The molecule has 2 aromatic rings. The van der Waals surface area contributed by atoms with Gasteiger partial charge in [-0.2, -0.15) is 0 Å². The average molecular weight is 327 g/mol. The maximum Gasteiger partial charge on any atom is 0.318 e. The van der Waals surface area contributed by atoms with E-state index in [4.69, 9.17) is 0 Å². The molecule has 0 spiro atoms. The maximum absolute atomic E-state index is 13.2. The van der Waals surface area contributed by atoms with E-state index in [9.17, 15) is 9.18 Å². The first kappa shape index (κ1) is 16.5. The molecule has 1 fully saturated rings. The predicted octanol–water partition coefficient (Wildman–Crippen LogP) is 3.02. The van der Waals surface area contributed by atoms with Crippen molar-refractivity contribution in [1.82, 2.24) is 15.1 Å². The van der Waals surface area contributed by atoms with Crippen molar-refractivity contribution in [2.75, 3.05) is 26.7 Å². The van der Waals surface area contributed by atoms with E-state index in [0.29, 0.717) is 13.1 Å². The highest BCUT2D eigenvalue weighted by Crippen LogP contribution is 2.24. The Morgan fingerprint density at radius 1 is 1.17 bits per heavy atom. The topological polar surface area (TPSA) is 35.6 Å². The lowest BCUT2D eigenvalue weighted by atomic mass is 10.0. The van der Waals surface area contributed by atoms with Crippen molar-refractivity contribution in [2.24, 2.45) is 0 Å². The first-order valence-electron chi connectivity index (χ1n) is 8.16. The van der Waals surface area contributed by atoms with E-state index in [2.05, 4.69) is 29.4 Å². The van der Waals surface area contributed by atoms with E-state index >= 15 is 0 Å². The fourth-order valence-corrected chi connectivity index (χ4v) is 3.05. The number of halogens is 1. The number of nitrogens with zero attached hydrogens (tertiary/aromatic N) is 2. The number of benzene rings is 2. The van der Waals surface area contributed by atoms with Crippen LogP contribution in [0.5, 0.6) is 0 Å². The molecule has 0 aliphatic carbocycles. The quantitative estimate of drug-likeness (QED) is 0.940. The Hall–Kier alpha value is -2.40. The molecule has 3 rings (SSSR count). The van der Waals surface area contributed by atoms with Gasteiger partial charge in [0, 0.05) is 26.2 Å². The number of amides is 2. The molecule has 1 N–H and O–H groups in total. The molecule has 2 aromatic carbocycles. The number of piperazine rings is 1. The van der Waals surface area contributed by atoms with Crippen molar-refractivity contribution in [1.29, 1.82) is 0 Å². The Kier molecular flexibility index (Phi) is 5.11. The molecule has 1 heterocycles. The summed E-state index contributed by atoms with van der Waals surface area (Å²) in [5, 5.41) is 2.91. The number of nitrogens with one attached hydrogen (secondary N) is 1. The van der Waals surface area contributed by atoms with Crippen LogP contribution in [-0.2, 0) is 6.54 Å². The Bertz CT molecular complexity index is 692. The van der Waals surface area contributed by atoms with Crippen LogP contribution in [0.15, 0.2) is 54.6 Å². The molecule has 1 atom stereocenters. The van der Waals surface area contributed by atoms with Crippen LogP contribution < -0.4 is 5.32 Å². The maximum atomic E-state index is 13.2. The number of urea groups is 1. The summed E-state index contributed by atoms with van der Waals surface area (Å²) in [4.78, 5) is 16.7. The van der Waals surface area contributed by atoms with Crippen LogP contribution in [0, 0.1) is 5.82 Å². The Morgan fingerprint density at radius 2 is 1.96 bits per heavy atom. The van der Waals surface area contributed by atoms with Gasteiger partial charge in [-0.25, -0.2) is 9.18 Å². The summed E-state index contributed by atoms with van der Waals surface area (Å²) in [5.74, 6) is -0.288. The van der Waals surface area contributed by atoms with Gasteiger partial charge >= 0.3 is 6.03 Å². The molecule has 0 radical (unpaired) electrons. The van der Waals surface area contributed by atoms with Crippen molar-refractivity contribution in [3.63, 3.8) is 0 Å². The van der Waals surface area contributed by atoms with Gasteiger partial charge in [0.15, 0.2) is 0 Å². The second kappa shape index (κ2) is 7.45. The molecule has 2 amide bonds. The predicted molar refractivity (Wildman–Crippen MR) is 92.0 cm³/mol. The summed E-state index contributed by atoms with van der Waals surface area (Å²) >= 11 is 0. The zero-order valence-corrected chi connectivity index (χ0v) is 13.8. The Labute approximate surface area is 141 Å². The molecular weight excluding hydrogens is 305 g/mol. The monoisotopic (exact) mass is 327 g/mol. The van der Waals surface area contributed by atoms with Gasteiger partial charge in [0.05, 0.1) is 6.04 Å². The van der Waals surface area contributed by atoms with E-state index in [1.165, 1.54) is 12.1 Å². The summed E-state index contributed by atoms with van der Waals surface area (Å²) in [6.45, 7) is 2.64. The van der Waals surface area contributed by atoms with Crippen LogP contribution in [0.25, 0.3) is 0 Å². The highest BCUT2D eigenvalue weighted by molar-refractivity contribution is 5.75. The van der Waals surface area contributed by atoms with Gasteiger partial charge in [-0.05, 0) is 30.3 Å². The number of hydrogen-bond donors (Lipinski definition) is 1. The minimum atomic E-state index is -0.288. The molecule has 126 valence electrons. The molecule has 24 heavy (non-hydrogen) atoms. The van der Waals surface area contributed by atoms with Gasteiger partial charge in [0.1, 0.15) is 5.82 Å². The van der Waals surface area contributed by atoms with E-state index < -0.39 is 0 Å². The highest BCUT2D eigenvalue weighted by atomic mass is 19.1. The van der Waals surface area contributed by atoms with Crippen LogP contribution in [0.2, 0.25) is 0 Å². The number of rotatable bonds is 3. The second-order valence-corrected chi connectivity index (χ2v) is 6.17. The van der Waals surface area contributed by atoms with Crippen LogP contribution in [0.1, 0.15) is 17.2 Å². The summed E-state index contributed by atoms with van der Waals surface area (Å²) in [6, 6.07) is 16.3. The molecule has 0 bridgehead atoms. The highest BCUT2D eigenvalue weighted by Gasteiger charge is 2.29. The number of carbonyl (C=O) groups is 1. The Morgan fingerprint density at radius 3 is 2.71 bits per heavy atom. The minimum Gasteiger partial charge on any atom is -0.334 e. The first-order valence-corrected chi connectivity index (χ1v) is 8.16. The smallest absolute Gasteiger partial charge is 0.318 e. The number of hydrogen-bond acceptors (Lipinski definition) is 2. The average Bonchev–Trinajstić information content (AvgIpc) is 2.60. The van der Waals surface area contributed by atoms with Gasteiger partial charge in [-0.3, -0.25) is 0 Å². The fraction of sp³-hybridized carbons (Fsp3) is 0.316. The van der Waals surface area contributed by atoms with Gasteiger partial charge < -0.3 is 15.1 Å². The van der Waals surface area contributed by atoms with Crippen molar-refractivity contribution in [3.05, 3.63) is 71.5 Å². The van der Waals surface area contributed by atoms with E-state index in [1.807, 2.05) is 29.2 Å². The van der Waals surface area contributed by atoms with Crippen molar-refractivity contribution < 1.29 is 9.18 Å². The summed E-state index contributed by atoms with van der Waals surface area (Å²) in [7, 11) is 2.07.